The first kappa shape index (κ1) is 18.4. The molecule has 0 spiro atoms. The monoisotopic (exact) mass is 379 g/mol. The summed E-state index contributed by atoms with van der Waals surface area (Å²) in [4.78, 5) is 8.10. The lowest BCUT2D eigenvalue weighted by molar-refractivity contribution is 0.203. The minimum absolute atomic E-state index is 0.0758. The van der Waals surface area contributed by atoms with Crippen molar-refractivity contribution in [1.29, 1.82) is 0 Å². The summed E-state index contributed by atoms with van der Waals surface area (Å²) >= 11 is 0. The van der Waals surface area contributed by atoms with E-state index in [4.69, 9.17) is 14.2 Å². The highest BCUT2D eigenvalue weighted by molar-refractivity contribution is 7.89. The molecule has 1 atom stereocenters. The van der Waals surface area contributed by atoms with Gasteiger partial charge >= 0.3 is 0 Å². The largest absolute Gasteiger partial charge is 0.492 e. The Kier molecular flexibility index (Phi) is 5.89. The van der Waals surface area contributed by atoms with Crippen LogP contribution in [0.25, 0.3) is 0 Å². The maximum absolute atomic E-state index is 12.5. The van der Waals surface area contributed by atoms with E-state index in [1.54, 1.807) is 12.1 Å². The Morgan fingerprint density at radius 3 is 2.73 bits per heavy atom. The number of hydrogen-bond acceptors (Lipinski definition) is 7. The first-order valence-electron chi connectivity index (χ1n) is 8.25. The van der Waals surface area contributed by atoms with Crippen molar-refractivity contribution in [3.63, 3.8) is 0 Å². The van der Waals surface area contributed by atoms with Crippen LogP contribution in [-0.4, -0.2) is 61.4 Å². The fourth-order valence-corrected chi connectivity index (χ4v) is 3.94. The van der Waals surface area contributed by atoms with Crippen molar-refractivity contribution < 1.29 is 22.6 Å². The van der Waals surface area contributed by atoms with Crippen LogP contribution in [-0.2, 0) is 10.0 Å². The van der Waals surface area contributed by atoms with E-state index >= 15 is 0 Å². The van der Waals surface area contributed by atoms with E-state index in [0.29, 0.717) is 30.5 Å². The summed E-state index contributed by atoms with van der Waals surface area (Å²) in [5.74, 6) is 1.25. The molecule has 0 bridgehead atoms. The normalized spacial score (nSPS) is 17.8. The highest BCUT2D eigenvalue weighted by atomic mass is 32.2. The Morgan fingerprint density at radius 2 is 1.96 bits per heavy atom. The number of benzene rings is 1. The Balaban J connectivity index is 1.50. The number of para-hydroxylation sites is 1. The first-order valence-corrected chi connectivity index (χ1v) is 9.86. The van der Waals surface area contributed by atoms with Gasteiger partial charge in [0.05, 0.1) is 31.8 Å². The Morgan fingerprint density at radius 1 is 1.19 bits per heavy atom. The second-order valence-electron chi connectivity index (χ2n) is 5.76. The molecule has 1 aromatic heterocycles. The van der Waals surface area contributed by atoms with Crippen LogP contribution in [0.4, 0.5) is 0 Å². The smallest absolute Gasteiger partial charge is 0.235 e. The average Bonchev–Trinajstić information content (AvgIpc) is 3.12. The Labute approximate surface area is 152 Å². The zero-order valence-electron chi connectivity index (χ0n) is 14.4. The molecule has 1 saturated heterocycles. The van der Waals surface area contributed by atoms with Gasteiger partial charge in [0, 0.05) is 6.54 Å². The lowest BCUT2D eigenvalue weighted by Gasteiger charge is -2.17. The summed E-state index contributed by atoms with van der Waals surface area (Å²) in [6.45, 7) is 0.804. The number of ether oxygens (including phenoxy) is 3. The van der Waals surface area contributed by atoms with Gasteiger partial charge in [0.2, 0.25) is 21.8 Å². The fourth-order valence-electron chi connectivity index (χ4n) is 2.61. The molecule has 140 valence electrons. The second-order valence-corrected chi connectivity index (χ2v) is 7.85. The van der Waals surface area contributed by atoms with E-state index < -0.39 is 10.0 Å². The van der Waals surface area contributed by atoms with E-state index in [9.17, 15) is 8.42 Å². The molecule has 1 aliphatic heterocycles. The van der Waals surface area contributed by atoms with Gasteiger partial charge < -0.3 is 14.2 Å². The van der Waals surface area contributed by atoms with Gasteiger partial charge in [-0.15, -0.1) is 0 Å². The van der Waals surface area contributed by atoms with Crippen molar-refractivity contribution in [3.05, 3.63) is 42.7 Å². The average molecular weight is 379 g/mol. The van der Waals surface area contributed by atoms with Gasteiger partial charge in [-0.3, -0.25) is 4.98 Å². The molecule has 1 aromatic carbocycles. The summed E-state index contributed by atoms with van der Waals surface area (Å²) in [7, 11) is -1.91. The summed E-state index contributed by atoms with van der Waals surface area (Å²) in [5.41, 5.74) is 0. The van der Waals surface area contributed by atoms with Gasteiger partial charge in [0.15, 0.2) is 0 Å². The zero-order chi connectivity index (χ0) is 18.4. The minimum atomic E-state index is -3.40. The Hall–Kier alpha value is -2.39. The van der Waals surface area contributed by atoms with Crippen molar-refractivity contribution in [2.24, 2.45) is 0 Å². The Bertz CT molecular complexity index is 816. The van der Waals surface area contributed by atoms with Gasteiger partial charge in [0.1, 0.15) is 18.5 Å². The number of methoxy groups -OCH3 is 1. The van der Waals surface area contributed by atoms with Crippen LogP contribution in [0.2, 0.25) is 0 Å². The molecule has 1 fully saturated rings. The predicted octanol–water partition coefficient (Wildman–Crippen LogP) is 1.35. The molecule has 26 heavy (non-hydrogen) atoms. The third-order valence-electron chi connectivity index (χ3n) is 3.94. The molecule has 0 saturated carbocycles. The standard InChI is InChI=1S/C17H21N3O5S/c1-23-16-11-18-12-17(19-16)25-15-7-8-20(13-15)26(21,22)10-9-24-14-5-3-2-4-6-14/h2-6,11-12,15H,7-10,13H2,1H3. The molecule has 3 rings (SSSR count). The summed E-state index contributed by atoms with van der Waals surface area (Å²) in [6, 6.07) is 9.14. The molecule has 1 unspecified atom stereocenters. The number of aromatic nitrogens is 2. The van der Waals surface area contributed by atoms with Gasteiger partial charge in [-0.25, -0.2) is 8.42 Å². The highest BCUT2D eigenvalue weighted by Gasteiger charge is 2.32. The van der Waals surface area contributed by atoms with Crippen molar-refractivity contribution >= 4 is 10.0 Å². The highest BCUT2D eigenvalue weighted by Crippen LogP contribution is 2.20. The first-order chi connectivity index (χ1) is 12.6. The van der Waals surface area contributed by atoms with Crippen LogP contribution in [0.15, 0.2) is 42.7 Å². The molecular weight excluding hydrogens is 358 g/mol. The topological polar surface area (TPSA) is 90.9 Å². The fraction of sp³-hybridized carbons (Fsp3) is 0.412. The van der Waals surface area contributed by atoms with Crippen molar-refractivity contribution in [2.45, 2.75) is 12.5 Å². The molecule has 0 radical (unpaired) electrons. The van der Waals surface area contributed by atoms with E-state index in [2.05, 4.69) is 9.97 Å². The quantitative estimate of drug-likeness (QED) is 0.684. The van der Waals surface area contributed by atoms with Gasteiger partial charge in [-0.05, 0) is 18.6 Å². The van der Waals surface area contributed by atoms with E-state index in [0.717, 1.165) is 0 Å². The lowest BCUT2D eigenvalue weighted by Crippen LogP contribution is -2.34. The zero-order valence-corrected chi connectivity index (χ0v) is 15.3. The molecule has 9 heteroatoms. The SMILES string of the molecule is COc1cncc(OC2CCN(S(=O)(=O)CCOc3ccccc3)C2)n1. The molecule has 0 N–H and O–H groups in total. The lowest BCUT2D eigenvalue weighted by atomic mass is 10.3. The number of hydrogen-bond donors (Lipinski definition) is 0. The van der Waals surface area contributed by atoms with Crippen LogP contribution >= 0.6 is 0 Å². The van der Waals surface area contributed by atoms with E-state index in [1.165, 1.54) is 23.8 Å². The third-order valence-corrected chi connectivity index (χ3v) is 5.74. The minimum Gasteiger partial charge on any atom is -0.492 e. The number of rotatable bonds is 8. The van der Waals surface area contributed by atoms with Crippen molar-refractivity contribution in [1.82, 2.24) is 14.3 Å². The maximum Gasteiger partial charge on any atom is 0.235 e. The van der Waals surface area contributed by atoms with Crippen LogP contribution < -0.4 is 14.2 Å². The van der Waals surface area contributed by atoms with Crippen LogP contribution in [0.3, 0.4) is 0 Å². The predicted molar refractivity (Wildman–Crippen MR) is 94.9 cm³/mol. The van der Waals surface area contributed by atoms with Crippen LogP contribution in [0.5, 0.6) is 17.5 Å². The number of nitrogens with zero attached hydrogens (tertiary/aromatic N) is 3. The summed E-state index contributed by atoms with van der Waals surface area (Å²) in [5, 5.41) is 0. The van der Waals surface area contributed by atoms with Crippen molar-refractivity contribution in [2.75, 3.05) is 32.6 Å². The third kappa shape index (κ3) is 4.83. The number of sulfonamides is 1. The van der Waals surface area contributed by atoms with Crippen LogP contribution in [0.1, 0.15) is 6.42 Å². The second kappa shape index (κ2) is 8.33. The van der Waals surface area contributed by atoms with E-state index in [-0.39, 0.29) is 25.0 Å². The van der Waals surface area contributed by atoms with Gasteiger partial charge in [-0.2, -0.15) is 9.29 Å². The summed E-state index contributed by atoms with van der Waals surface area (Å²) in [6.07, 6.45) is 3.29. The van der Waals surface area contributed by atoms with Crippen molar-refractivity contribution in [3.8, 4) is 17.5 Å². The molecule has 1 aliphatic rings. The molecule has 0 aliphatic carbocycles. The molecular formula is C17H21N3O5S. The molecule has 2 aromatic rings. The van der Waals surface area contributed by atoms with E-state index in [1.807, 2.05) is 18.2 Å². The van der Waals surface area contributed by atoms with Crippen LogP contribution in [0, 0.1) is 0 Å². The maximum atomic E-state index is 12.5. The molecule has 2 heterocycles. The molecule has 8 nitrogen and oxygen atoms in total. The van der Waals surface area contributed by atoms with Gasteiger partial charge in [0.25, 0.3) is 0 Å². The molecule has 0 amide bonds. The summed E-state index contributed by atoms with van der Waals surface area (Å²) < 4.78 is 42.6. The van der Waals surface area contributed by atoms with Gasteiger partial charge in [-0.1, -0.05) is 18.2 Å².